The molecule has 0 spiro atoms. The van der Waals surface area contributed by atoms with Crippen LogP contribution in [0.25, 0.3) is 0 Å². The second-order valence-electron chi connectivity index (χ2n) is 6.39. The number of ether oxygens (including phenoxy) is 1. The van der Waals surface area contributed by atoms with Crippen molar-refractivity contribution in [1.29, 1.82) is 0 Å². The number of piperazine rings is 1. The molecule has 144 valence electrons. The van der Waals surface area contributed by atoms with E-state index < -0.39 is 10.0 Å². The van der Waals surface area contributed by atoms with E-state index in [0.29, 0.717) is 44.1 Å². The number of hydrogen-bond donors (Lipinski definition) is 0. The second-order valence-corrected chi connectivity index (χ2v) is 8.65. The van der Waals surface area contributed by atoms with Gasteiger partial charge < -0.3 is 9.64 Å². The Morgan fingerprint density at radius 2 is 1.59 bits per heavy atom. The SMILES string of the molecule is CCS(=O)(=O)N1CCN(C(=O)c2ccc(OCc3ccccc3)cc2)CC1. The largest absolute Gasteiger partial charge is 0.489 e. The standard InChI is InChI=1S/C20H24N2O4S/c1-2-27(24,25)22-14-12-21(13-15-22)20(23)18-8-10-19(11-9-18)26-16-17-6-4-3-5-7-17/h3-11H,2,12-16H2,1H3. The van der Waals surface area contributed by atoms with E-state index in [4.69, 9.17) is 4.74 Å². The zero-order chi connectivity index (χ0) is 19.3. The van der Waals surface area contributed by atoms with Crippen molar-refractivity contribution in [1.82, 2.24) is 9.21 Å². The highest BCUT2D eigenvalue weighted by Crippen LogP contribution is 2.17. The van der Waals surface area contributed by atoms with E-state index in [2.05, 4.69) is 0 Å². The van der Waals surface area contributed by atoms with Crippen LogP contribution in [-0.2, 0) is 16.6 Å². The van der Waals surface area contributed by atoms with Gasteiger partial charge in [-0.2, -0.15) is 4.31 Å². The van der Waals surface area contributed by atoms with Crippen LogP contribution >= 0.6 is 0 Å². The van der Waals surface area contributed by atoms with Gasteiger partial charge in [0.25, 0.3) is 5.91 Å². The Labute approximate surface area is 160 Å². The monoisotopic (exact) mass is 388 g/mol. The molecule has 0 saturated carbocycles. The van der Waals surface area contributed by atoms with E-state index in [0.717, 1.165) is 5.56 Å². The Kier molecular flexibility index (Phi) is 6.13. The number of amides is 1. The molecule has 2 aromatic carbocycles. The molecule has 3 rings (SSSR count). The third-order valence-electron chi connectivity index (χ3n) is 4.63. The fourth-order valence-electron chi connectivity index (χ4n) is 2.97. The van der Waals surface area contributed by atoms with Crippen molar-refractivity contribution in [3.8, 4) is 5.75 Å². The summed E-state index contributed by atoms with van der Waals surface area (Å²) in [7, 11) is -3.19. The highest BCUT2D eigenvalue weighted by atomic mass is 32.2. The van der Waals surface area contributed by atoms with Crippen LogP contribution in [0.3, 0.4) is 0 Å². The second kappa shape index (κ2) is 8.54. The highest BCUT2D eigenvalue weighted by molar-refractivity contribution is 7.89. The van der Waals surface area contributed by atoms with E-state index >= 15 is 0 Å². The van der Waals surface area contributed by atoms with E-state index in [-0.39, 0.29) is 11.7 Å². The molecular formula is C20H24N2O4S. The first-order chi connectivity index (χ1) is 13.0. The summed E-state index contributed by atoms with van der Waals surface area (Å²) in [6.45, 7) is 3.62. The first-order valence-corrected chi connectivity index (χ1v) is 10.6. The van der Waals surface area contributed by atoms with E-state index in [1.165, 1.54) is 4.31 Å². The predicted molar refractivity (Wildman–Crippen MR) is 104 cm³/mol. The molecule has 1 aliphatic rings. The maximum absolute atomic E-state index is 12.6. The summed E-state index contributed by atoms with van der Waals surface area (Å²) in [6, 6.07) is 16.9. The van der Waals surface area contributed by atoms with E-state index in [9.17, 15) is 13.2 Å². The van der Waals surface area contributed by atoms with Crippen molar-refractivity contribution in [2.75, 3.05) is 31.9 Å². The van der Waals surface area contributed by atoms with E-state index in [1.54, 1.807) is 36.1 Å². The van der Waals surface area contributed by atoms with Gasteiger partial charge in [0, 0.05) is 31.7 Å². The summed E-state index contributed by atoms with van der Waals surface area (Å²) in [6.07, 6.45) is 0. The third kappa shape index (κ3) is 4.87. The molecule has 0 bridgehead atoms. The molecule has 0 aromatic heterocycles. The van der Waals surface area contributed by atoms with Crippen LogP contribution in [0.2, 0.25) is 0 Å². The zero-order valence-corrected chi connectivity index (χ0v) is 16.2. The summed E-state index contributed by atoms with van der Waals surface area (Å²) in [5, 5.41) is 0. The minimum Gasteiger partial charge on any atom is -0.489 e. The van der Waals surface area contributed by atoms with Gasteiger partial charge >= 0.3 is 0 Å². The molecule has 0 N–H and O–H groups in total. The predicted octanol–water partition coefficient (Wildman–Crippen LogP) is 2.37. The van der Waals surface area contributed by atoms with Crippen molar-refractivity contribution in [2.24, 2.45) is 0 Å². The summed E-state index contributed by atoms with van der Waals surface area (Å²) in [5.74, 6) is 0.707. The lowest BCUT2D eigenvalue weighted by Gasteiger charge is -2.33. The van der Waals surface area contributed by atoms with Crippen LogP contribution in [0.15, 0.2) is 54.6 Å². The Morgan fingerprint density at radius 3 is 2.19 bits per heavy atom. The average molecular weight is 388 g/mol. The molecule has 27 heavy (non-hydrogen) atoms. The van der Waals surface area contributed by atoms with Gasteiger partial charge in [-0.3, -0.25) is 4.79 Å². The number of rotatable bonds is 6. The van der Waals surface area contributed by atoms with Crippen LogP contribution in [0.1, 0.15) is 22.8 Å². The third-order valence-corrected chi connectivity index (χ3v) is 6.52. The van der Waals surface area contributed by atoms with Gasteiger partial charge in [0.1, 0.15) is 12.4 Å². The fraction of sp³-hybridized carbons (Fsp3) is 0.350. The molecule has 0 aliphatic carbocycles. The normalized spacial score (nSPS) is 15.5. The Balaban J connectivity index is 1.55. The molecule has 6 nitrogen and oxygen atoms in total. The Bertz CT molecular complexity index is 859. The number of carbonyl (C=O) groups excluding carboxylic acids is 1. The summed E-state index contributed by atoms with van der Waals surface area (Å²) < 4.78 is 31.0. The number of hydrogen-bond acceptors (Lipinski definition) is 4. The van der Waals surface area contributed by atoms with E-state index in [1.807, 2.05) is 30.3 Å². The highest BCUT2D eigenvalue weighted by Gasteiger charge is 2.28. The van der Waals surface area contributed by atoms with Gasteiger partial charge in [-0.05, 0) is 36.8 Å². The van der Waals surface area contributed by atoms with Crippen LogP contribution in [0.4, 0.5) is 0 Å². The van der Waals surface area contributed by atoms with Gasteiger partial charge in [0.05, 0.1) is 5.75 Å². The molecule has 0 radical (unpaired) electrons. The molecule has 1 heterocycles. The van der Waals surface area contributed by atoms with Gasteiger partial charge in [-0.25, -0.2) is 8.42 Å². The molecule has 2 aromatic rings. The topological polar surface area (TPSA) is 66.9 Å². The van der Waals surface area contributed by atoms with Crippen molar-refractivity contribution >= 4 is 15.9 Å². The summed E-state index contributed by atoms with van der Waals surface area (Å²) in [4.78, 5) is 14.3. The molecule has 1 aliphatic heterocycles. The molecule has 1 amide bonds. The fourth-order valence-corrected chi connectivity index (χ4v) is 4.05. The molecule has 1 saturated heterocycles. The average Bonchev–Trinajstić information content (AvgIpc) is 2.73. The number of benzene rings is 2. The number of nitrogens with zero attached hydrogens (tertiary/aromatic N) is 2. The quantitative estimate of drug-likeness (QED) is 0.762. The molecule has 0 unspecified atom stereocenters. The van der Waals surface area contributed by atoms with Gasteiger partial charge in [-0.15, -0.1) is 0 Å². The van der Waals surface area contributed by atoms with Crippen molar-refractivity contribution < 1.29 is 17.9 Å². The summed E-state index contributed by atoms with van der Waals surface area (Å²) in [5.41, 5.74) is 1.66. The maximum atomic E-state index is 12.6. The minimum atomic E-state index is -3.19. The van der Waals surface area contributed by atoms with Crippen LogP contribution in [0, 0.1) is 0 Å². The number of sulfonamides is 1. The molecule has 1 fully saturated rings. The number of carbonyl (C=O) groups is 1. The van der Waals surface area contributed by atoms with Crippen molar-refractivity contribution in [2.45, 2.75) is 13.5 Å². The first-order valence-electron chi connectivity index (χ1n) is 9.03. The maximum Gasteiger partial charge on any atom is 0.253 e. The van der Waals surface area contributed by atoms with Crippen LogP contribution < -0.4 is 4.74 Å². The Morgan fingerprint density at radius 1 is 0.963 bits per heavy atom. The molecular weight excluding hydrogens is 364 g/mol. The Hall–Kier alpha value is -2.38. The van der Waals surface area contributed by atoms with Crippen molar-refractivity contribution in [3.63, 3.8) is 0 Å². The lowest BCUT2D eigenvalue weighted by atomic mass is 10.1. The van der Waals surface area contributed by atoms with Crippen LogP contribution in [0.5, 0.6) is 5.75 Å². The molecule has 0 atom stereocenters. The lowest BCUT2D eigenvalue weighted by molar-refractivity contribution is 0.0698. The summed E-state index contributed by atoms with van der Waals surface area (Å²) >= 11 is 0. The lowest BCUT2D eigenvalue weighted by Crippen LogP contribution is -2.50. The van der Waals surface area contributed by atoms with Gasteiger partial charge in [0.2, 0.25) is 10.0 Å². The van der Waals surface area contributed by atoms with Crippen molar-refractivity contribution in [3.05, 3.63) is 65.7 Å². The smallest absolute Gasteiger partial charge is 0.253 e. The zero-order valence-electron chi connectivity index (χ0n) is 15.4. The van der Waals surface area contributed by atoms with Gasteiger partial charge in [-0.1, -0.05) is 30.3 Å². The van der Waals surface area contributed by atoms with Gasteiger partial charge in [0.15, 0.2) is 0 Å². The first kappa shape index (κ1) is 19.4. The van der Waals surface area contributed by atoms with Crippen LogP contribution in [-0.4, -0.2) is 55.5 Å². The minimum absolute atomic E-state index is 0.0850. The molecule has 7 heteroatoms.